The predicted octanol–water partition coefficient (Wildman–Crippen LogP) is 6.05. The van der Waals surface area contributed by atoms with Gasteiger partial charge in [0.15, 0.2) is 5.58 Å². The molecule has 4 aromatic rings. The Balaban J connectivity index is 2.04. The Hall–Kier alpha value is -3.97. The molecule has 4 rings (SSSR count). The molecule has 38 heavy (non-hydrogen) atoms. The van der Waals surface area contributed by atoms with E-state index >= 15 is 0 Å². The summed E-state index contributed by atoms with van der Waals surface area (Å²) in [6.45, 7) is 12.7. The zero-order valence-electron chi connectivity index (χ0n) is 22.7. The largest absolute Gasteiger partial charge is 0.496 e. The number of hydrogen-bond acceptors (Lipinski definition) is 7. The average molecular weight is 535 g/mol. The number of oxazole rings is 1. The summed E-state index contributed by atoms with van der Waals surface area (Å²) in [6.07, 6.45) is 1.09. The molecule has 2 heterocycles. The summed E-state index contributed by atoms with van der Waals surface area (Å²) in [6, 6.07) is 10.5. The Morgan fingerprint density at radius 2 is 1.87 bits per heavy atom. The Morgan fingerprint density at radius 1 is 1.16 bits per heavy atom. The summed E-state index contributed by atoms with van der Waals surface area (Å²) in [5, 5.41) is 9.92. The molecular weight excluding hydrogens is 504 g/mol. The minimum atomic E-state index is -1.69. The second-order valence-corrected chi connectivity index (χ2v) is 12.7. The summed E-state index contributed by atoms with van der Waals surface area (Å²) in [5.41, 5.74) is 2.68. The van der Waals surface area contributed by atoms with Gasteiger partial charge in [0.05, 0.1) is 34.6 Å². The number of methoxy groups -OCH3 is 1. The van der Waals surface area contributed by atoms with Crippen LogP contribution in [0.5, 0.6) is 5.75 Å². The minimum Gasteiger partial charge on any atom is -0.496 e. The van der Waals surface area contributed by atoms with E-state index in [1.807, 2.05) is 27.7 Å². The number of aryl methyl sites for hydroxylation is 1. The van der Waals surface area contributed by atoms with Gasteiger partial charge in [-0.3, -0.25) is 4.57 Å². The lowest BCUT2D eigenvalue weighted by Crippen LogP contribution is -2.27. The van der Waals surface area contributed by atoms with E-state index in [1.54, 1.807) is 57.3 Å². The molecule has 198 valence electrons. The predicted molar refractivity (Wildman–Crippen MR) is 147 cm³/mol. The van der Waals surface area contributed by atoms with Gasteiger partial charge in [0.25, 0.3) is 0 Å². The van der Waals surface area contributed by atoms with Crippen LogP contribution in [-0.4, -0.2) is 43.0 Å². The Bertz CT molecular complexity index is 1660. The highest BCUT2D eigenvalue weighted by molar-refractivity contribution is 7.85. The Labute approximate surface area is 223 Å². The van der Waals surface area contributed by atoms with Crippen LogP contribution in [0.25, 0.3) is 22.0 Å². The number of carbonyl (C=O) groups excluding carboxylic acids is 1. The quantitative estimate of drug-likeness (QED) is 0.292. The summed E-state index contributed by atoms with van der Waals surface area (Å²) < 4.78 is 36.1. The standard InChI is InChI=1S/C28H30N4O5S/c1-16-13-21(35-8)22(18-11-12-32(24(16)18)26(33)37-27(2,3)4)23(31-38(34)28(5,6)7)25-30-19-14-17(15-29)9-10-20(19)36-25/h9-14H,1-8H3/b31-23-. The van der Waals surface area contributed by atoms with Gasteiger partial charge in [-0.2, -0.15) is 9.66 Å². The maximum atomic E-state index is 13.3. The molecule has 0 radical (unpaired) electrons. The lowest BCUT2D eigenvalue weighted by molar-refractivity contribution is 0.0544. The van der Waals surface area contributed by atoms with Crippen molar-refractivity contribution in [1.82, 2.24) is 9.55 Å². The van der Waals surface area contributed by atoms with Crippen molar-refractivity contribution >= 4 is 44.8 Å². The summed E-state index contributed by atoms with van der Waals surface area (Å²) in [7, 11) is -0.162. The van der Waals surface area contributed by atoms with Crippen LogP contribution in [0, 0.1) is 18.3 Å². The first-order chi connectivity index (χ1) is 17.7. The Kier molecular flexibility index (Phi) is 6.93. The van der Waals surface area contributed by atoms with Crippen molar-refractivity contribution in [2.45, 2.75) is 58.8 Å². The second-order valence-electron chi connectivity index (χ2n) is 10.8. The monoisotopic (exact) mass is 534 g/mol. The van der Waals surface area contributed by atoms with E-state index in [0.717, 1.165) is 5.56 Å². The topological polar surface area (TPSA) is 120 Å². The van der Waals surface area contributed by atoms with Gasteiger partial charge in [0.1, 0.15) is 33.6 Å². The fourth-order valence-corrected chi connectivity index (χ4v) is 4.49. The van der Waals surface area contributed by atoms with Crippen molar-refractivity contribution in [2.24, 2.45) is 4.40 Å². The van der Waals surface area contributed by atoms with Crippen molar-refractivity contribution < 1.29 is 22.9 Å². The lowest BCUT2D eigenvalue weighted by atomic mass is 10.0. The molecule has 0 aliphatic rings. The van der Waals surface area contributed by atoms with Crippen LogP contribution >= 0.6 is 0 Å². The maximum absolute atomic E-state index is 13.3. The van der Waals surface area contributed by atoms with Gasteiger partial charge < -0.3 is 13.9 Å². The number of hydrogen-bond donors (Lipinski definition) is 0. The number of fused-ring (bicyclic) bond motifs is 2. The van der Waals surface area contributed by atoms with E-state index in [2.05, 4.69) is 15.5 Å². The summed E-state index contributed by atoms with van der Waals surface area (Å²) >= 11 is 0. The zero-order chi connectivity index (χ0) is 28.0. The van der Waals surface area contributed by atoms with E-state index in [9.17, 15) is 14.3 Å². The zero-order valence-corrected chi connectivity index (χ0v) is 23.5. The molecule has 1 atom stereocenters. The first-order valence-electron chi connectivity index (χ1n) is 12.0. The number of nitrogens with zero attached hydrogens (tertiary/aromatic N) is 4. The van der Waals surface area contributed by atoms with Crippen molar-refractivity contribution in [3.8, 4) is 11.8 Å². The Morgan fingerprint density at radius 3 is 2.47 bits per heavy atom. The number of nitriles is 1. The summed E-state index contributed by atoms with van der Waals surface area (Å²) in [4.78, 5) is 17.6. The van der Waals surface area contributed by atoms with Crippen molar-refractivity contribution in [1.29, 1.82) is 5.26 Å². The van der Waals surface area contributed by atoms with Crippen LogP contribution in [0.15, 0.2) is 45.3 Å². The third-order valence-electron chi connectivity index (χ3n) is 5.59. The summed E-state index contributed by atoms with van der Waals surface area (Å²) in [5.74, 6) is 0.558. The van der Waals surface area contributed by atoms with Crippen molar-refractivity contribution in [2.75, 3.05) is 7.11 Å². The highest BCUT2D eigenvalue weighted by atomic mass is 32.2. The van der Waals surface area contributed by atoms with Crippen LogP contribution in [0.2, 0.25) is 0 Å². The second kappa shape index (κ2) is 9.72. The molecule has 9 nitrogen and oxygen atoms in total. The van der Waals surface area contributed by atoms with Crippen molar-refractivity contribution in [3.63, 3.8) is 0 Å². The van der Waals surface area contributed by atoms with Crippen LogP contribution in [0.3, 0.4) is 0 Å². The molecule has 10 heteroatoms. The van der Waals surface area contributed by atoms with Gasteiger partial charge in [-0.25, -0.2) is 14.0 Å². The van der Waals surface area contributed by atoms with E-state index in [0.29, 0.717) is 38.9 Å². The highest BCUT2D eigenvalue weighted by Crippen LogP contribution is 2.35. The molecule has 2 aromatic heterocycles. The van der Waals surface area contributed by atoms with E-state index in [-0.39, 0.29) is 11.6 Å². The first-order valence-corrected chi connectivity index (χ1v) is 13.1. The molecule has 0 saturated carbocycles. The molecule has 0 bridgehead atoms. The van der Waals surface area contributed by atoms with Gasteiger partial charge in [-0.1, -0.05) is 0 Å². The third-order valence-corrected chi connectivity index (χ3v) is 6.98. The molecule has 2 aromatic carbocycles. The average Bonchev–Trinajstić information content (AvgIpc) is 3.45. The minimum absolute atomic E-state index is 0.112. The molecule has 0 fully saturated rings. The van der Waals surface area contributed by atoms with Gasteiger partial charge in [-0.15, -0.1) is 0 Å². The highest BCUT2D eigenvalue weighted by Gasteiger charge is 2.29. The lowest BCUT2D eigenvalue weighted by Gasteiger charge is -2.20. The number of ether oxygens (including phenoxy) is 2. The molecule has 0 saturated heterocycles. The van der Waals surface area contributed by atoms with Crippen LogP contribution in [0.4, 0.5) is 4.79 Å². The fourth-order valence-electron chi connectivity index (χ4n) is 3.88. The molecule has 1 unspecified atom stereocenters. The number of aromatic nitrogens is 2. The van der Waals surface area contributed by atoms with Crippen LogP contribution in [0.1, 0.15) is 64.1 Å². The molecule has 0 N–H and O–H groups in total. The molecule has 0 aliphatic carbocycles. The van der Waals surface area contributed by atoms with Gasteiger partial charge >= 0.3 is 6.09 Å². The van der Waals surface area contributed by atoms with Gasteiger partial charge in [0, 0.05) is 11.6 Å². The van der Waals surface area contributed by atoms with Gasteiger partial charge in [-0.05, 0) is 84.4 Å². The van der Waals surface area contributed by atoms with Gasteiger partial charge in [0.2, 0.25) is 5.89 Å². The maximum Gasteiger partial charge on any atom is 0.419 e. The smallest absolute Gasteiger partial charge is 0.419 e. The number of benzene rings is 2. The molecule has 0 spiro atoms. The SMILES string of the molecule is COc1cc(C)c2c(ccn2C(=O)OC(C)(C)C)c1/C(=N/S(=O)C(C)(C)C)c1nc2cc(C#N)ccc2o1. The van der Waals surface area contributed by atoms with Crippen LogP contribution < -0.4 is 4.74 Å². The normalized spacial score (nSPS) is 13.5. The fraction of sp³-hybridized carbons (Fsp3) is 0.357. The third kappa shape index (κ3) is 5.20. The molecular formula is C28H30N4O5S. The van der Waals surface area contributed by atoms with Crippen molar-refractivity contribution in [3.05, 3.63) is 59.1 Å². The van der Waals surface area contributed by atoms with E-state index < -0.39 is 27.4 Å². The number of carbonyl (C=O) groups is 1. The van der Waals surface area contributed by atoms with E-state index in [4.69, 9.17) is 13.9 Å². The van der Waals surface area contributed by atoms with E-state index in [1.165, 1.54) is 11.7 Å². The first kappa shape index (κ1) is 27.1. The van der Waals surface area contributed by atoms with Crippen LogP contribution in [-0.2, 0) is 15.7 Å². The molecule has 0 amide bonds. The molecule has 0 aliphatic heterocycles. The number of rotatable bonds is 4.